The van der Waals surface area contributed by atoms with Crippen LogP contribution in [0, 0.1) is 38.8 Å². The number of benzene rings is 5. The molecule has 1 radical (unpaired) electrons. The van der Waals surface area contributed by atoms with E-state index in [-0.39, 0.29) is 20.1 Å². The molecule has 0 aliphatic rings. The summed E-state index contributed by atoms with van der Waals surface area (Å²) in [6, 6.07) is 45.5. The molecule has 0 aliphatic carbocycles. The summed E-state index contributed by atoms with van der Waals surface area (Å²) in [4.78, 5) is 9.56. The first-order chi connectivity index (χ1) is 28.8. The van der Waals surface area contributed by atoms with E-state index in [9.17, 15) is 0 Å². The summed E-state index contributed by atoms with van der Waals surface area (Å²) in [6.07, 6.45) is 6.31. The fraction of sp³-hybridized carbons (Fsp3) is 0.286. The molecule has 3 nitrogen and oxygen atoms in total. The fourth-order valence-electron chi connectivity index (χ4n) is 8.58. The van der Waals surface area contributed by atoms with Crippen molar-refractivity contribution in [3.63, 3.8) is 0 Å². The standard InChI is InChI=1S/C30H28NO.C26H32NSi.Ir/c1-5-21(6-2)22-15-16-31-27(18-22)25-12-8-11-24-26-17-23(13-14-28(26)32-30(24)25)29-19(3)9-7-10-20(29)4;1-18(2)20(4)24-16-25(27-17-26(24)28(5,6)7)22-14-13-19(3)23(15-22)21-11-9-8-10-12-21;/h7-11,13-18,21H,5-6H2,1-4H3;8-13,15-18,20H,1-7H3;/q2*-1;. The Morgan fingerprint density at radius 1 is 0.689 bits per heavy atom. The summed E-state index contributed by atoms with van der Waals surface area (Å²) in [7, 11) is -1.46. The van der Waals surface area contributed by atoms with E-state index in [0.29, 0.717) is 17.8 Å². The van der Waals surface area contributed by atoms with Gasteiger partial charge in [0.1, 0.15) is 5.58 Å². The van der Waals surface area contributed by atoms with Crippen LogP contribution in [0.1, 0.15) is 87.1 Å². The van der Waals surface area contributed by atoms with Gasteiger partial charge in [-0.1, -0.05) is 156 Å². The molecule has 0 fully saturated rings. The van der Waals surface area contributed by atoms with Crippen LogP contribution < -0.4 is 5.19 Å². The maximum Gasteiger partial charge on any atom is 0.120 e. The second kappa shape index (κ2) is 19.4. The van der Waals surface area contributed by atoms with Gasteiger partial charge in [-0.3, -0.25) is 0 Å². The zero-order valence-electron chi connectivity index (χ0n) is 37.8. The van der Waals surface area contributed by atoms with E-state index in [2.05, 4.69) is 201 Å². The van der Waals surface area contributed by atoms with Crippen LogP contribution in [-0.4, -0.2) is 18.0 Å². The van der Waals surface area contributed by atoms with Crippen molar-refractivity contribution < 1.29 is 24.5 Å². The molecule has 0 saturated heterocycles. The molecule has 1 atom stereocenters. The third-order valence-corrected chi connectivity index (χ3v) is 14.5. The van der Waals surface area contributed by atoms with E-state index in [1.165, 1.54) is 55.3 Å². The van der Waals surface area contributed by atoms with Crippen molar-refractivity contribution in [2.45, 2.75) is 99.7 Å². The first kappa shape index (κ1) is 45.6. The Morgan fingerprint density at radius 3 is 2.08 bits per heavy atom. The molecule has 5 heteroatoms. The minimum atomic E-state index is -1.46. The van der Waals surface area contributed by atoms with Gasteiger partial charge >= 0.3 is 0 Å². The third kappa shape index (κ3) is 9.76. The molecule has 0 saturated carbocycles. The molecule has 3 heterocycles. The molecule has 1 unspecified atom stereocenters. The number of furan rings is 1. The fourth-order valence-corrected chi connectivity index (χ4v) is 10.2. The van der Waals surface area contributed by atoms with Crippen LogP contribution in [0.2, 0.25) is 19.6 Å². The molecule has 0 N–H and O–H groups in total. The SMILES string of the molecule is CCC(CC)c1ccnc(-c2[c-]ccc3c2oc2ccc(-c4c(C)cccc4C)cc23)c1.Cc1c[c-]c(-c2cc(C(C)C(C)C)c([Si](C)(C)C)cn2)cc1-c1ccccc1.[Ir]. The van der Waals surface area contributed by atoms with Gasteiger partial charge in [0, 0.05) is 37.9 Å². The van der Waals surface area contributed by atoms with E-state index in [1.807, 2.05) is 12.3 Å². The molecular formula is C56H60IrN2OSi-2. The van der Waals surface area contributed by atoms with Crippen molar-refractivity contribution >= 4 is 35.2 Å². The molecule has 61 heavy (non-hydrogen) atoms. The van der Waals surface area contributed by atoms with Crippen molar-refractivity contribution in [3.8, 4) is 44.8 Å². The van der Waals surface area contributed by atoms with E-state index in [1.54, 1.807) is 0 Å². The van der Waals surface area contributed by atoms with E-state index >= 15 is 0 Å². The second-order valence-electron chi connectivity index (χ2n) is 17.9. The summed E-state index contributed by atoms with van der Waals surface area (Å²) in [5.74, 6) is 1.67. The largest absolute Gasteiger partial charge is 0.501 e. The van der Waals surface area contributed by atoms with Gasteiger partial charge in [-0.15, -0.1) is 47.5 Å². The van der Waals surface area contributed by atoms with E-state index < -0.39 is 8.07 Å². The summed E-state index contributed by atoms with van der Waals surface area (Å²) in [5, 5.41) is 3.72. The Kier molecular flexibility index (Phi) is 14.5. The number of hydrogen-bond acceptors (Lipinski definition) is 3. The monoisotopic (exact) mass is 997 g/mol. The molecule has 0 amide bonds. The minimum absolute atomic E-state index is 0. The Hall–Kier alpha value is -4.93. The Bertz CT molecular complexity index is 2740. The van der Waals surface area contributed by atoms with Crippen molar-refractivity contribution in [1.82, 2.24) is 9.97 Å². The number of fused-ring (bicyclic) bond motifs is 3. The molecule has 0 aliphatic heterocycles. The van der Waals surface area contributed by atoms with E-state index in [4.69, 9.17) is 9.40 Å². The van der Waals surface area contributed by atoms with Gasteiger partial charge in [0.2, 0.25) is 0 Å². The first-order valence-corrected chi connectivity index (χ1v) is 25.3. The molecular weight excluding hydrogens is 937 g/mol. The number of pyridine rings is 2. The maximum atomic E-state index is 6.37. The van der Waals surface area contributed by atoms with Gasteiger partial charge in [-0.2, -0.15) is 0 Å². The van der Waals surface area contributed by atoms with Crippen LogP contribution in [0.4, 0.5) is 0 Å². The van der Waals surface area contributed by atoms with Crippen LogP contribution in [0.5, 0.6) is 0 Å². The predicted molar refractivity (Wildman–Crippen MR) is 259 cm³/mol. The van der Waals surface area contributed by atoms with Crippen molar-refractivity contribution in [3.05, 3.63) is 162 Å². The van der Waals surface area contributed by atoms with Gasteiger partial charge in [-0.25, -0.2) is 0 Å². The van der Waals surface area contributed by atoms with Gasteiger partial charge in [0.05, 0.1) is 13.7 Å². The zero-order valence-corrected chi connectivity index (χ0v) is 41.2. The van der Waals surface area contributed by atoms with Gasteiger partial charge in [0.15, 0.2) is 0 Å². The molecule has 0 bridgehead atoms. The third-order valence-electron chi connectivity index (χ3n) is 12.5. The molecule has 3 aromatic heterocycles. The van der Waals surface area contributed by atoms with Gasteiger partial charge in [-0.05, 0) is 107 Å². The van der Waals surface area contributed by atoms with Gasteiger partial charge < -0.3 is 14.4 Å². The average Bonchev–Trinajstić information content (AvgIpc) is 3.62. The Labute approximate surface area is 379 Å². The van der Waals surface area contributed by atoms with E-state index in [0.717, 1.165) is 57.3 Å². The van der Waals surface area contributed by atoms with Gasteiger partial charge in [0.25, 0.3) is 0 Å². The average molecular weight is 997 g/mol. The van der Waals surface area contributed by atoms with Crippen molar-refractivity contribution in [2.24, 2.45) is 5.92 Å². The molecule has 8 aromatic rings. The zero-order chi connectivity index (χ0) is 42.7. The van der Waals surface area contributed by atoms with Crippen LogP contribution in [-0.2, 0) is 20.1 Å². The normalized spacial score (nSPS) is 12.1. The number of nitrogens with zero attached hydrogens (tertiary/aromatic N) is 2. The quantitative estimate of drug-likeness (QED) is 0.101. The number of hydrogen-bond donors (Lipinski definition) is 0. The van der Waals surface area contributed by atoms with Crippen LogP contribution >= 0.6 is 0 Å². The topological polar surface area (TPSA) is 38.9 Å². The van der Waals surface area contributed by atoms with Crippen molar-refractivity contribution in [1.29, 1.82) is 0 Å². The number of aromatic nitrogens is 2. The first-order valence-electron chi connectivity index (χ1n) is 21.8. The number of rotatable bonds is 10. The number of aryl methyl sites for hydroxylation is 3. The smallest absolute Gasteiger partial charge is 0.120 e. The minimum Gasteiger partial charge on any atom is -0.501 e. The Balaban J connectivity index is 0.000000203. The molecule has 315 valence electrons. The summed E-state index contributed by atoms with van der Waals surface area (Å²) >= 11 is 0. The maximum absolute atomic E-state index is 6.37. The summed E-state index contributed by atoms with van der Waals surface area (Å²) in [6.45, 7) is 25.2. The van der Waals surface area contributed by atoms with Crippen molar-refractivity contribution in [2.75, 3.05) is 0 Å². The summed E-state index contributed by atoms with van der Waals surface area (Å²) < 4.78 is 6.37. The molecule has 5 aromatic carbocycles. The van der Waals surface area contributed by atoms with Crippen LogP contribution in [0.15, 0.2) is 126 Å². The second-order valence-corrected chi connectivity index (χ2v) is 23.0. The predicted octanol–water partition coefficient (Wildman–Crippen LogP) is 15.5. The van der Waals surface area contributed by atoms with Crippen LogP contribution in [0.3, 0.4) is 0 Å². The van der Waals surface area contributed by atoms with Crippen LogP contribution in [0.25, 0.3) is 66.7 Å². The molecule has 0 spiro atoms. The molecule has 8 rings (SSSR count). The summed E-state index contributed by atoms with van der Waals surface area (Å²) in [5.41, 5.74) is 17.3. The Morgan fingerprint density at radius 2 is 1.41 bits per heavy atom.